The van der Waals surface area contributed by atoms with E-state index in [1.54, 1.807) is 6.07 Å². The first-order valence-corrected chi connectivity index (χ1v) is 6.43. The van der Waals surface area contributed by atoms with E-state index >= 15 is 0 Å². The highest BCUT2D eigenvalue weighted by atomic mass is 16.5. The predicted molar refractivity (Wildman–Crippen MR) is 73.9 cm³/mol. The topological polar surface area (TPSA) is 34.4 Å². The zero-order valence-electron chi connectivity index (χ0n) is 11.5. The number of nitrogens with zero attached hydrogens (tertiary/aromatic N) is 1. The molecule has 0 spiro atoms. The van der Waals surface area contributed by atoms with Gasteiger partial charge in [-0.25, -0.2) is 0 Å². The van der Waals surface area contributed by atoms with Gasteiger partial charge in [0.05, 0.1) is 12.7 Å². The number of aromatic nitrogens is 1. The summed E-state index contributed by atoms with van der Waals surface area (Å²) in [4.78, 5) is 0. The second-order valence-electron chi connectivity index (χ2n) is 5.22. The largest absolute Gasteiger partial charge is 0.508 e. The normalized spacial score (nSPS) is 11.9. The van der Waals surface area contributed by atoms with E-state index in [4.69, 9.17) is 4.74 Å². The zero-order valence-corrected chi connectivity index (χ0v) is 11.5. The minimum absolute atomic E-state index is 0.208. The van der Waals surface area contributed by atoms with Crippen LogP contribution < -0.4 is 0 Å². The third-order valence-corrected chi connectivity index (χ3v) is 3.03. The first-order valence-electron chi connectivity index (χ1n) is 6.43. The van der Waals surface area contributed by atoms with E-state index < -0.39 is 0 Å². The van der Waals surface area contributed by atoms with E-state index in [9.17, 15) is 5.11 Å². The van der Waals surface area contributed by atoms with Crippen LogP contribution in [0.2, 0.25) is 0 Å². The van der Waals surface area contributed by atoms with Gasteiger partial charge in [0.15, 0.2) is 0 Å². The fourth-order valence-electron chi connectivity index (χ4n) is 2.11. The molecule has 0 radical (unpaired) electrons. The molecule has 2 rings (SSSR count). The van der Waals surface area contributed by atoms with Crippen LogP contribution in [0.4, 0.5) is 0 Å². The van der Waals surface area contributed by atoms with Crippen molar-refractivity contribution in [2.24, 2.45) is 0 Å². The zero-order chi connectivity index (χ0) is 13.3. The van der Waals surface area contributed by atoms with Crippen LogP contribution in [-0.4, -0.2) is 15.8 Å². The highest BCUT2D eigenvalue weighted by Gasteiger charge is 2.11. The summed E-state index contributed by atoms with van der Waals surface area (Å²) in [6.07, 6.45) is 2.33. The van der Waals surface area contributed by atoms with Crippen molar-refractivity contribution >= 4 is 10.9 Å². The third kappa shape index (κ3) is 2.51. The van der Waals surface area contributed by atoms with E-state index in [-0.39, 0.29) is 6.10 Å². The molecule has 2 aromatic rings. The predicted octanol–water partition coefficient (Wildman–Crippen LogP) is 3.85. The Kier molecular flexibility index (Phi) is 3.62. The Morgan fingerprint density at radius 1 is 1.22 bits per heavy atom. The SMILES string of the molecule is CC(C)OCc1cn(C(C)C)c2ccc(O)cc12. The molecule has 0 unspecified atom stereocenters. The summed E-state index contributed by atoms with van der Waals surface area (Å²) in [6, 6.07) is 5.90. The van der Waals surface area contributed by atoms with Gasteiger partial charge in [-0.3, -0.25) is 0 Å². The van der Waals surface area contributed by atoms with Crippen LogP contribution in [0.1, 0.15) is 39.3 Å². The second-order valence-corrected chi connectivity index (χ2v) is 5.22. The maximum Gasteiger partial charge on any atom is 0.116 e. The van der Waals surface area contributed by atoms with Gasteiger partial charge in [-0.2, -0.15) is 0 Å². The fraction of sp³-hybridized carbons (Fsp3) is 0.467. The summed E-state index contributed by atoms with van der Waals surface area (Å²) >= 11 is 0. The van der Waals surface area contributed by atoms with E-state index in [1.165, 1.54) is 0 Å². The van der Waals surface area contributed by atoms with E-state index in [0.29, 0.717) is 18.4 Å². The number of hydrogen-bond acceptors (Lipinski definition) is 2. The minimum atomic E-state index is 0.208. The molecule has 0 fully saturated rings. The lowest BCUT2D eigenvalue weighted by Crippen LogP contribution is -2.02. The van der Waals surface area contributed by atoms with Crippen LogP contribution in [0.3, 0.4) is 0 Å². The average molecular weight is 247 g/mol. The molecule has 0 saturated carbocycles. The Balaban J connectivity index is 2.48. The van der Waals surface area contributed by atoms with E-state index in [0.717, 1.165) is 16.5 Å². The number of fused-ring (bicyclic) bond motifs is 1. The van der Waals surface area contributed by atoms with Gasteiger partial charge in [-0.05, 0) is 45.9 Å². The van der Waals surface area contributed by atoms with Crippen LogP contribution in [-0.2, 0) is 11.3 Å². The molecule has 0 aliphatic rings. The average Bonchev–Trinajstić information content (AvgIpc) is 2.64. The van der Waals surface area contributed by atoms with Crippen molar-refractivity contribution in [1.82, 2.24) is 4.57 Å². The lowest BCUT2D eigenvalue weighted by atomic mass is 10.2. The van der Waals surface area contributed by atoms with Gasteiger partial charge in [-0.15, -0.1) is 0 Å². The molecule has 98 valence electrons. The lowest BCUT2D eigenvalue weighted by Gasteiger charge is -2.08. The number of phenolic OH excluding ortho intramolecular Hbond substituents is 1. The lowest BCUT2D eigenvalue weighted by molar-refractivity contribution is 0.0663. The summed E-state index contributed by atoms with van der Waals surface area (Å²) in [5.74, 6) is 0.301. The van der Waals surface area contributed by atoms with Gasteiger partial charge in [-0.1, -0.05) is 0 Å². The molecule has 3 nitrogen and oxygen atoms in total. The molecule has 0 bridgehead atoms. The number of rotatable bonds is 4. The van der Waals surface area contributed by atoms with Crippen molar-refractivity contribution in [3.05, 3.63) is 30.0 Å². The van der Waals surface area contributed by atoms with E-state index in [2.05, 4.69) is 24.6 Å². The monoisotopic (exact) mass is 247 g/mol. The molecule has 0 aliphatic heterocycles. The molecule has 18 heavy (non-hydrogen) atoms. The number of phenols is 1. The third-order valence-electron chi connectivity index (χ3n) is 3.03. The van der Waals surface area contributed by atoms with Crippen LogP contribution >= 0.6 is 0 Å². The van der Waals surface area contributed by atoms with Crippen LogP contribution in [0.5, 0.6) is 5.75 Å². The summed E-state index contributed by atoms with van der Waals surface area (Å²) < 4.78 is 7.89. The number of hydrogen-bond donors (Lipinski definition) is 1. The molecule has 0 saturated heterocycles. The van der Waals surface area contributed by atoms with Crippen molar-refractivity contribution in [1.29, 1.82) is 0 Å². The Morgan fingerprint density at radius 3 is 2.56 bits per heavy atom. The molecule has 1 aromatic heterocycles. The summed E-state index contributed by atoms with van der Waals surface area (Å²) in [6.45, 7) is 8.94. The molecule has 1 aromatic carbocycles. The number of ether oxygens (including phenoxy) is 1. The Morgan fingerprint density at radius 2 is 1.94 bits per heavy atom. The summed E-state index contributed by atoms with van der Waals surface area (Å²) in [5.41, 5.74) is 2.27. The molecular weight excluding hydrogens is 226 g/mol. The first kappa shape index (κ1) is 13.0. The van der Waals surface area contributed by atoms with E-state index in [1.807, 2.05) is 26.0 Å². The quantitative estimate of drug-likeness (QED) is 0.890. The maximum atomic E-state index is 9.63. The molecule has 0 atom stereocenters. The van der Waals surface area contributed by atoms with Crippen LogP contribution in [0.15, 0.2) is 24.4 Å². The first-order chi connectivity index (χ1) is 8.49. The molecule has 1 heterocycles. The van der Waals surface area contributed by atoms with Gasteiger partial charge in [0, 0.05) is 28.7 Å². The fourth-order valence-corrected chi connectivity index (χ4v) is 2.11. The van der Waals surface area contributed by atoms with Gasteiger partial charge < -0.3 is 14.4 Å². The highest BCUT2D eigenvalue weighted by molar-refractivity contribution is 5.85. The summed E-state index contributed by atoms with van der Waals surface area (Å²) in [5, 5.41) is 10.7. The van der Waals surface area contributed by atoms with Crippen LogP contribution in [0.25, 0.3) is 10.9 Å². The maximum absolute atomic E-state index is 9.63. The van der Waals surface area contributed by atoms with Crippen molar-refractivity contribution in [3.8, 4) is 5.75 Å². The van der Waals surface area contributed by atoms with Crippen molar-refractivity contribution in [3.63, 3.8) is 0 Å². The summed E-state index contributed by atoms with van der Waals surface area (Å²) in [7, 11) is 0. The van der Waals surface area contributed by atoms with Crippen LogP contribution in [0, 0.1) is 0 Å². The van der Waals surface area contributed by atoms with Crippen molar-refractivity contribution < 1.29 is 9.84 Å². The minimum Gasteiger partial charge on any atom is -0.508 e. The van der Waals surface area contributed by atoms with Crippen molar-refractivity contribution in [2.75, 3.05) is 0 Å². The highest BCUT2D eigenvalue weighted by Crippen LogP contribution is 2.28. The van der Waals surface area contributed by atoms with Gasteiger partial charge in [0.1, 0.15) is 5.75 Å². The number of benzene rings is 1. The standard InChI is InChI=1S/C15H21NO2/c1-10(2)16-8-12(9-18-11(3)4)14-7-13(17)5-6-15(14)16/h5-8,10-11,17H,9H2,1-4H3. The van der Waals surface area contributed by atoms with Gasteiger partial charge in [0.25, 0.3) is 0 Å². The Labute approximate surface area is 108 Å². The molecule has 0 aliphatic carbocycles. The molecule has 1 N–H and O–H groups in total. The van der Waals surface area contributed by atoms with Gasteiger partial charge >= 0.3 is 0 Å². The van der Waals surface area contributed by atoms with Crippen molar-refractivity contribution in [2.45, 2.75) is 46.4 Å². The smallest absolute Gasteiger partial charge is 0.116 e. The Hall–Kier alpha value is -1.48. The Bertz CT molecular complexity index is 541. The molecular formula is C15H21NO2. The second kappa shape index (κ2) is 5.02. The number of aromatic hydroxyl groups is 1. The molecule has 0 amide bonds. The van der Waals surface area contributed by atoms with Gasteiger partial charge in [0.2, 0.25) is 0 Å². The molecule has 3 heteroatoms.